The quantitative estimate of drug-likeness (QED) is 0.838. The van der Waals surface area contributed by atoms with Gasteiger partial charge in [-0.05, 0) is 53.8 Å². The molecule has 94 valence electrons. The third-order valence-corrected chi connectivity index (χ3v) is 3.51. The van der Waals surface area contributed by atoms with Gasteiger partial charge in [0, 0.05) is 6.54 Å². The summed E-state index contributed by atoms with van der Waals surface area (Å²) in [7, 11) is 0. The Morgan fingerprint density at radius 2 is 2.06 bits per heavy atom. The van der Waals surface area contributed by atoms with Crippen molar-refractivity contribution in [1.29, 1.82) is 0 Å². The monoisotopic (exact) mass is 359 g/mol. The van der Waals surface area contributed by atoms with Crippen LogP contribution in [-0.4, -0.2) is 9.67 Å². The van der Waals surface area contributed by atoms with Crippen LogP contribution >= 0.6 is 22.6 Å². The van der Waals surface area contributed by atoms with Crippen LogP contribution in [0.15, 0.2) is 35.1 Å². The molecule has 1 N–H and O–H groups in total. The van der Waals surface area contributed by atoms with E-state index in [-0.39, 0.29) is 16.9 Å². The molecule has 0 aliphatic rings. The molecule has 0 amide bonds. The van der Waals surface area contributed by atoms with E-state index in [4.69, 9.17) is 0 Å². The molecule has 1 aromatic heterocycles. The van der Waals surface area contributed by atoms with Gasteiger partial charge in [0.15, 0.2) is 0 Å². The number of phenolic OH excluding ortho intramolecular Hbond substituents is 1. The molecule has 5 heteroatoms. The Kier molecular flexibility index (Phi) is 3.70. The first-order valence-electron chi connectivity index (χ1n) is 5.43. The normalized spacial score (nSPS) is 10.6. The fourth-order valence-corrected chi connectivity index (χ4v) is 2.32. The average Bonchev–Trinajstić information content (AvgIpc) is 2.33. The van der Waals surface area contributed by atoms with Crippen molar-refractivity contribution >= 4 is 22.6 Å². The highest BCUT2D eigenvalue weighted by atomic mass is 127. The molecule has 0 aliphatic carbocycles. The second kappa shape index (κ2) is 5.09. The van der Waals surface area contributed by atoms with Crippen molar-refractivity contribution in [3.8, 4) is 17.0 Å². The highest BCUT2D eigenvalue weighted by Gasteiger charge is 2.15. The summed E-state index contributed by atoms with van der Waals surface area (Å²) in [6, 6.07) is 7.36. The number of hydrogen-bond donors (Lipinski definition) is 1. The van der Waals surface area contributed by atoms with E-state index in [0.717, 1.165) is 0 Å². The summed E-state index contributed by atoms with van der Waals surface area (Å²) in [6.07, 6.45) is 0. The largest absolute Gasteiger partial charge is 0.507 e. The second-order valence-corrected chi connectivity index (χ2v) is 4.91. The molecule has 1 heterocycles. The summed E-state index contributed by atoms with van der Waals surface area (Å²) in [5.74, 6) is -0.712. The predicted molar refractivity (Wildman–Crippen MR) is 76.2 cm³/mol. The van der Waals surface area contributed by atoms with Crippen LogP contribution in [0.25, 0.3) is 11.3 Å². The van der Waals surface area contributed by atoms with Gasteiger partial charge < -0.3 is 9.67 Å². The molecule has 0 radical (unpaired) electrons. The molecule has 0 bridgehead atoms. The van der Waals surface area contributed by atoms with Crippen molar-refractivity contribution < 1.29 is 9.50 Å². The number of pyridine rings is 1. The molecule has 0 aliphatic heterocycles. The molecule has 2 rings (SSSR count). The number of aromatic hydroxyl groups is 1. The zero-order valence-corrected chi connectivity index (χ0v) is 11.8. The Balaban J connectivity index is 2.80. The van der Waals surface area contributed by atoms with Crippen LogP contribution in [0, 0.1) is 9.39 Å². The summed E-state index contributed by atoms with van der Waals surface area (Å²) < 4.78 is 15.8. The van der Waals surface area contributed by atoms with Gasteiger partial charge in [0.1, 0.15) is 11.6 Å². The molecule has 0 spiro atoms. The lowest BCUT2D eigenvalue weighted by Crippen LogP contribution is -2.23. The van der Waals surface area contributed by atoms with Gasteiger partial charge in [0.05, 0.1) is 14.8 Å². The van der Waals surface area contributed by atoms with E-state index >= 15 is 0 Å². The van der Waals surface area contributed by atoms with Crippen molar-refractivity contribution in [3.63, 3.8) is 0 Å². The number of rotatable bonds is 2. The van der Waals surface area contributed by atoms with Crippen molar-refractivity contribution in [2.24, 2.45) is 0 Å². The van der Waals surface area contributed by atoms with Crippen LogP contribution < -0.4 is 5.56 Å². The number of benzene rings is 1. The Morgan fingerprint density at radius 3 is 2.67 bits per heavy atom. The van der Waals surface area contributed by atoms with Gasteiger partial charge >= 0.3 is 0 Å². The Labute approximate surface area is 117 Å². The molecule has 18 heavy (non-hydrogen) atoms. The van der Waals surface area contributed by atoms with E-state index in [1.807, 2.05) is 22.6 Å². The summed E-state index contributed by atoms with van der Waals surface area (Å²) in [5, 5.41) is 9.77. The number of halogens is 2. The smallest absolute Gasteiger partial charge is 0.264 e. The standard InChI is InChI=1S/C13H11FINO2/c1-2-16-10(7-6-9(15)13(16)18)12-8(14)4-3-5-11(12)17/h3-7,17H,2H2,1H3. The first-order valence-corrected chi connectivity index (χ1v) is 6.51. The van der Waals surface area contributed by atoms with Crippen LogP contribution in [0.5, 0.6) is 5.75 Å². The Bertz CT molecular complexity index is 632. The molecule has 3 nitrogen and oxygen atoms in total. The van der Waals surface area contributed by atoms with Crippen LogP contribution in [-0.2, 0) is 6.54 Å². The van der Waals surface area contributed by atoms with E-state index in [1.165, 1.54) is 22.8 Å². The molecule has 0 saturated carbocycles. The SMILES string of the molecule is CCn1c(-c2c(O)cccc2F)ccc(I)c1=O. The minimum Gasteiger partial charge on any atom is -0.507 e. The van der Waals surface area contributed by atoms with Gasteiger partial charge in [0.25, 0.3) is 5.56 Å². The predicted octanol–water partition coefficient (Wildman–Crippen LogP) is 2.98. The van der Waals surface area contributed by atoms with Gasteiger partial charge in [-0.3, -0.25) is 4.79 Å². The van der Waals surface area contributed by atoms with Gasteiger partial charge in [-0.25, -0.2) is 4.39 Å². The minimum absolute atomic E-state index is 0.0628. The van der Waals surface area contributed by atoms with Crippen LogP contribution in [0.2, 0.25) is 0 Å². The van der Waals surface area contributed by atoms with E-state index in [0.29, 0.717) is 15.8 Å². The highest BCUT2D eigenvalue weighted by molar-refractivity contribution is 14.1. The fraction of sp³-hybridized carbons (Fsp3) is 0.154. The minimum atomic E-state index is -0.544. The van der Waals surface area contributed by atoms with Crippen LogP contribution in [0.1, 0.15) is 6.92 Å². The van der Waals surface area contributed by atoms with Crippen molar-refractivity contribution in [3.05, 3.63) is 50.1 Å². The maximum absolute atomic E-state index is 13.8. The molecule has 1 aromatic carbocycles. The van der Waals surface area contributed by atoms with Gasteiger partial charge in [-0.1, -0.05) is 6.07 Å². The lowest BCUT2D eigenvalue weighted by Gasteiger charge is -2.13. The summed E-state index contributed by atoms with van der Waals surface area (Å²) >= 11 is 1.94. The van der Waals surface area contributed by atoms with Crippen molar-refractivity contribution in [2.75, 3.05) is 0 Å². The molecule has 0 unspecified atom stereocenters. The van der Waals surface area contributed by atoms with Gasteiger partial charge in [-0.2, -0.15) is 0 Å². The van der Waals surface area contributed by atoms with Crippen molar-refractivity contribution in [2.45, 2.75) is 13.5 Å². The Hall–Kier alpha value is -1.37. The zero-order chi connectivity index (χ0) is 13.3. The average molecular weight is 359 g/mol. The summed E-state index contributed by atoms with van der Waals surface area (Å²) in [5.41, 5.74) is 0.268. The number of aromatic nitrogens is 1. The van der Waals surface area contributed by atoms with E-state index in [9.17, 15) is 14.3 Å². The molecule has 0 saturated heterocycles. The van der Waals surface area contributed by atoms with Gasteiger partial charge in [0.2, 0.25) is 0 Å². The third kappa shape index (κ3) is 2.14. The topological polar surface area (TPSA) is 42.2 Å². The van der Waals surface area contributed by atoms with Crippen molar-refractivity contribution in [1.82, 2.24) is 4.57 Å². The van der Waals surface area contributed by atoms with E-state index < -0.39 is 5.82 Å². The Morgan fingerprint density at radius 1 is 1.33 bits per heavy atom. The molecular formula is C13H11FINO2. The zero-order valence-electron chi connectivity index (χ0n) is 9.65. The molecule has 0 atom stereocenters. The van der Waals surface area contributed by atoms with E-state index in [2.05, 4.69) is 0 Å². The lowest BCUT2D eigenvalue weighted by molar-refractivity contribution is 0.471. The fourth-order valence-electron chi connectivity index (χ4n) is 1.85. The van der Waals surface area contributed by atoms with Crippen LogP contribution in [0.4, 0.5) is 4.39 Å². The first-order chi connectivity index (χ1) is 8.56. The second-order valence-electron chi connectivity index (χ2n) is 3.75. The maximum Gasteiger partial charge on any atom is 0.264 e. The van der Waals surface area contributed by atoms with Gasteiger partial charge in [-0.15, -0.1) is 0 Å². The first kappa shape index (κ1) is 13.1. The molecule has 0 fully saturated rings. The number of phenols is 1. The van der Waals surface area contributed by atoms with Crippen LogP contribution in [0.3, 0.4) is 0 Å². The molecular weight excluding hydrogens is 348 g/mol. The lowest BCUT2D eigenvalue weighted by atomic mass is 10.1. The highest BCUT2D eigenvalue weighted by Crippen LogP contribution is 2.31. The molecule has 2 aromatic rings. The third-order valence-electron chi connectivity index (χ3n) is 2.69. The number of nitrogens with zero attached hydrogens (tertiary/aromatic N) is 1. The number of hydrogen-bond acceptors (Lipinski definition) is 2. The van der Waals surface area contributed by atoms with E-state index in [1.54, 1.807) is 19.1 Å². The summed E-state index contributed by atoms with van der Waals surface area (Å²) in [4.78, 5) is 12.0. The summed E-state index contributed by atoms with van der Waals surface area (Å²) in [6.45, 7) is 2.22. The maximum atomic E-state index is 13.8.